The summed E-state index contributed by atoms with van der Waals surface area (Å²) in [7, 11) is 0. The second-order valence-electron chi connectivity index (χ2n) is 2.43. The fourth-order valence-electron chi connectivity index (χ4n) is 1.21. The predicted octanol–water partition coefficient (Wildman–Crippen LogP) is 1.76. The highest BCUT2D eigenvalue weighted by molar-refractivity contribution is 4.93. The molecular weight excluding hydrogens is 98.1 g/mol. The predicted molar refractivity (Wildman–Crippen MR) is 31.8 cm³/mol. The van der Waals surface area contributed by atoms with Crippen molar-refractivity contribution in [1.82, 2.24) is 0 Å². The van der Waals surface area contributed by atoms with Gasteiger partial charge in [-0.05, 0) is 25.7 Å². The molecule has 0 N–H and O–H groups in total. The fourth-order valence-corrected chi connectivity index (χ4v) is 1.21. The number of nitriles is 1. The highest BCUT2D eigenvalue weighted by Gasteiger charge is 2.22. The van der Waals surface area contributed by atoms with Crippen molar-refractivity contribution < 1.29 is 0 Å². The summed E-state index contributed by atoms with van der Waals surface area (Å²) in [5, 5.41) is 8.45. The van der Waals surface area contributed by atoms with Gasteiger partial charge in [0.05, 0.1) is 6.07 Å². The van der Waals surface area contributed by atoms with E-state index in [4.69, 9.17) is 5.26 Å². The lowest BCUT2D eigenvalue weighted by atomic mass is 10.0. The van der Waals surface area contributed by atoms with E-state index in [1.807, 2.05) is 0 Å². The van der Waals surface area contributed by atoms with E-state index in [0.717, 1.165) is 12.8 Å². The third-order valence-corrected chi connectivity index (χ3v) is 1.82. The van der Waals surface area contributed by atoms with Crippen LogP contribution >= 0.6 is 0 Å². The van der Waals surface area contributed by atoms with Gasteiger partial charge in [-0.2, -0.15) is 5.26 Å². The molecule has 0 amide bonds. The Morgan fingerprint density at radius 3 is 2.50 bits per heavy atom. The summed E-state index contributed by atoms with van der Waals surface area (Å²) in [6.07, 6.45) is 3.43. The molecule has 1 saturated carbocycles. The molecule has 1 aliphatic carbocycles. The van der Waals surface area contributed by atoms with E-state index in [0.29, 0.717) is 5.92 Å². The first-order valence-electron chi connectivity index (χ1n) is 3.07. The van der Waals surface area contributed by atoms with Crippen LogP contribution in [0.3, 0.4) is 0 Å². The zero-order chi connectivity index (χ0) is 5.98. The molecule has 1 nitrogen and oxygen atoms in total. The fraction of sp³-hybridized carbons (Fsp3) is 0.714. The van der Waals surface area contributed by atoms with Gasteiger partial charge in [-0.1, -0.05) is 6.42 Å². The molecular formula is C7H10N. The minimum absolute atomic E-state index is 0.259. The molecule has 0 bridgehead atoms. The summed E-state index contributed by atoms with van der Waals surface area (Å²) >= 11 is 0. The highest BCUT2D eigenvalue weighted by Crippen LogP contribution is 2.29. The van der Waals surface area contributed by atoms with Crippen molar-refractivity contribution in [3.63, 3.8) is 0 Å². The van der Waals surface area contributed by atoms with Crippen molar-refractivity contribution in [2.75, 3.05) is 0 Å². The van der Waals surface area contributed by atoms with Crippen molar-refractivity contribution in [3.8, 4) is 6.07 Å². The molecule has 0 saturated heterocycles. The van der Waals surface area contributed by atoms with Crippen molar-refractivity contribution in [2.45, 2.75) is 19.3 Å². The second-order valence-corrected chi connectivity index (χ2v) is 2.43. The summed E-state index contributed by atoms with van der Waals surface area (Å²) in [6.45, 7) is 3.87. The van der Waals surface area contributed by atoms with Crippen LogP contribution in [-0.2, 0) is 0 Å². The van der Waals surface area contributed by atoms with Crippen LogP contribution in [0.4, 0.5) is 0 Å². The van der Waals surface area contributed by atoms with E-state index in [1.54, 1.807) is 0 Å². The number of rotatable bonds is 0. The first-order chi connectivity index (χ1) is 3.84. The molecule has 1 aliphatic rings. The van der Waals surface area contributed by atoms with Gasteiger partial charge in [0.1, 0.15) is 0 Å². The summed E-state index contributed by atoms with van der Waals surface area (Å²) in [4.78, 5) is 0. The van der Waals surface area contributed by atoms with Gasteiger partial charge < -0.3 is 0 Å². The van der Waals surface area contributed by atoms with Gasteiger partial charge in [-0.15, -0.1) is 0 Å². The van der Waals surface area contributed by atoms with E-state index >= 15 is 0 Å². The molecule has 0 aromatic heterocycles. The summed E-state index contributed by atoms with van der Waals surface area (Å²) in [6, 6.07) is 2.25. The third-order valence-electron chi connectivity index (χ3n) is 1.82. The smallest absolute Gasteiger partial charge is 0.0658 e. The van der Waals surface area contributed by atoms with Gasteiger partial charge in [0, 0.05) is 5.92 Å². The van der Waals surface area contributed by atoms with Gasteiger partial charge in [0.15, 0.2) is 0 Å². The summed E-state index contributed by atoms with van der Waals surface area (Å²) in [5.41, 5.74) is 0. The Morgan fingerprint density at radius 1 is 1.50 bits per heavy atom. The van der Waals surface area contributed by atoms with Crippen LogP contribution in [0.15, 0.2) is 0 Å². The van der Waals surface area contributed by atoms with Gasteiger partial charge in [-0.3, -0.25) is 0 Å². The highest BCUT2D eigenvalue weighted by atomic mass is 14.3. The van der Waals surface area contributed by atoms with Crippen molar-refractivity contribution in [1.29, 1.82) is 5.26 Å². The summed E-state index contributed by atoms with van der Waals surface area (Å²) < 4.78 is 0. The normalized spacial score (nSPS) is 37.0. The lowest BCUT2D eigenvalue weighted by Gasteiger charge is -2.01. The lowest BCUT2D eigenvalue weighted by Crippen LogP contribution is -1.99. The quantitative estimate of drug-likeness (QED) is 0.464. The van der Waals surface area contributed by atoms with Crippen LogP contribution in [0.2, 0.25) is 0 Å². The lowest BCUT2D eigenvalue weighted by molar-refractivity contribution is 0.566. The van der Waals surface area contributed by atoms with Gasteiger partial charge in [0.2, 0.25) is 0 Å². The van der Waals surface area contributed by atoms with E-state index in [2.05, 4.69) is 13.0 Å². The number of hydrogen-bond donors (Lipinski definition) is 0. The largest absolute Gasteiger partial charge is 0.198 e. The zero-order valence-corrected chi connectivity index (χ0v) is 4.93. The minimum Gasteiger partial charge on any atom is -0.198 e. The molecule has 43 valence electrons. The number of hydrogen-bond acceptors (Lipinski definition) is 1. The molecule has 1 rings (SSSR count). The Morgan fingerprint density at radius 2 is 2.25 bits per heavy atom. The zero-order valence-electron chi connectivity index (χ0n) is 4.93. The molecule has 0 heterocycles. The van der Waals surface area contributed by atoms with E-state index in [-0.39, 0.29) is 5.92 Å². The molecule has 0 aromatic carbocycles. The molecule has 0 aromatic rings. The first kappa shape index (κ1) is 5.62. The van der Waals surface area contributed by atoms with E-state index < -0.39 is 0 Å². The Hall–Kier alpha value is -0.510. The Labute approximate surface area is 50.3 Å². The van der Waals surface area contributed by atoms with Crippen molar-refractivity contribution in [2.24, 2.45) is 11.8 Å². The second kappa shape index (κ2) is 2.17. The van der Waals surface area contributed by atoms with E-state index in [9.17, 15) is 0 Å². The minimum atomic E-state index is 0.259. The average Bonchev–Trinajstić information content (AvgIpc) is 2.14. The van der Waals surface area contributed by atoms with Crippen LogP contribution in [0.25, 0.3) is 0 Å². The number of nitrogens with zero attached hydrogens (tertiary/aromatic N) is 1. The monoisotopic (exact) mass is 108 g/mol. The Balaban J connectivity index is 2.45. The topological polar surface area (TPSA) is 23.8 Å². The molecule has 2 atom stereocenters. The molecule has 0 spiro atoms. The van der Waals surface area contributed by atoms with Crippen LogP contribution in [0, 0.1) is 30.1 Å². The molecule has 0 aliphatic heterocycles. The summed E-state index contributed by atoms with van der Waals surface area (Å²) in [5.74, 6) is 0.676. The third kappa shape index (κ3) is 0.838. The van der Waals surface area contributed by atoms with Crippen molar-refractivity contribution in [3.05, 3.63) is 6.92 Å². The van der Waals surface area contributed by atoms with Gasteiger partial charge >= 0.3 is 0 Å². The standard InChI is InChI=1S/C7H10N/c1-6-3-2-4-7(6)5-8/h6-7H,1-4H2. The maximum absolute atomic E-state index is 8.45. The van der Waals surface area contributed by atoms with Crippen molar-refractivity contribution >= 4 is 0 Å². The SMILES string of the molecule is [CH2]C1CCCC1C#N. The molecule has 2 unspecified atom stereocenters. The van der Waals surface area contributed by atoms with Crippen LogP contribution in [0.5, 0.6) is 0 Å². The maximum Gasteiger partial charge on any atom is 0.0658 e. The maximum atomic E-state index is 8.45. The van der Waals surface area contributed by atoms with Crippen LogP contribution in [0.1, 0.15) is 19.3 Å². The Bertz CT molecular complexity index is 112. The molecule has 1 radical (unpaired) electrons. The molecule has 1 fully saturated rings. The van der Waals surface area contributed by atoms with Crippen LogP contribution in [-0.4, -0.2) is 0 Å². The molecule has 8 heavy (non-hydrogen) atoms. The van der Waals surface area contributed by atoms with Gasteiger partial charge in [-0.25, -0.2) is 0 Å². The Kier molecular flexibility index (Phi) is 1.53. The van der Waals surface area contributed by atoms with Crippen LogP contribution < -0.4 is 0 Å². The van der Waals surface area contributed by atoms with E-state index in [1.165, 1.54) is 6.42 Å². The average molecular weight is 108 g/mol. The van der Waals surface area contributed by atoms with Gasteiger partial charge in [0.25, 0.3) is 0 Å². The first-order valence-corrected chi connectivity index (χ1v) is 3.07. The molecule has 1 heteroatoms.